The Morgan fingerprint density at radius 3 is 2.35 bits per heavy atom. The molecule has 228 valence electrons. The smallest absolute Gasteiger partial charge is 0.323 e. The molecule has 4 aromatic rings. The van der Waals surface area contributed by atoms with E-state index in [-0.39, 0.29) is 22.5 Å². The first-order chi connectivity index (χ1) is 20.1. The van der Waals surface area contributed by atoms with Crippen molar-refractivity contribution >= 4 is 38.8 Å². The minimum atomic E-state index is -4.32. The maximum Gasteiger partial charge on any atom is 0.323 e. The van der Waals surface area contributed by atoms with Gasteiger partial charge >= 0.3 is 5.97 Å². The van der Waals surface area contributed by atoms with Crippen molar-refractivity contribution in [3.63, 3.8) is 0 Å². The summed E-state index contributed by atoms with van der Waals surface area (Å²) in [4.78, 5) is 44.8. The van der Waals surface area contributed by atoms with Crippen LogP contribution >= 0.6 is 0 Å². The number of H-pyrrole nitrogens is 1. The lowest BCUT2D eigenvalue weighted by Gasteiger charge is -2.18. The molecule has 0 aliphatic rings. The molecule has 0 bridgehead atoms. The van der Waals surface area contributed by atoms with Crippen LogP contribution in [0.3, 0.4) is 0 Å². The second kappa shape index (κ2) is 11.9. The van der Waals surface area contributed by atoms with Gasteiger partial charge in [0.05, 0.1) is 21.5 Å². The molecule has 5 N–H and O–H groups in total. The molecule has 2 aromatic carbocycles. The minimum absolute atomic E-state index is 0.0861. The fourth-order valence-electron chi connectivity index (χ4n) is 4.93. The van der Waals surface area contributed by atoms with Crippen LogP contribution < -0.4 is 20.8 Å². The quantitative estimate of drug-likeness (QED) is 0.181. The summed E-state index contributed by atoms with van der Waals surface area (Å²) >= 11 is 0. The lowest BCUT2D eigenvalue weighted by Crippen LogP contribution is -2.49. The number of carboxylic acids is 1. The van der Waals surface area contributed by atoms with Gasteiger partial charge in [0.1, 0.15) is 17.4 Å². The van der Waals surface area contributed by atoms with Crippen molar-refractivity contribution in [2.24, 2.45) is 7.05 Å². The van der Waals surface area contributed by atoms with Gasteiger partial charge in [-0.15, -0.1) is 0 Å². The molecule has 15 heteroatoms. The number of anilines is 1. The third kappa shape index (κ3) is 6.41. The molecular weight excluding hydrogens is 586 g/mol. The lowest BCUT2D eigenvalue weighted by molar-refractivity contribution is -0.138. The zero-order chi connectivity index (χ0) is 31.8. The van der Waals surface area contributed by atoms with E-state index < -0.39 is 62.5 Å². The SMILES string of the molecule is Cc1cc(C)c(S(=O)(=O)NC(CNC(=O)c2cn(C)c3c(F)c(CNc4nc(C)c[nH]4)c(F)cc3c2=O)C(=O)O)c(C)c1. The van der Waals surface area contributed by atoms with E-state index in [0.29, 0.717) is 22.8 Å². The number of aliphatic carboxylic acids is 1. The highest BCUT2D eigenvalue weighted by molar-refractivity contribution is 7.89. The Hall–Kier alpha value is -4.63. The molecule has 2 aromatic heterocycles. The summed E-state index contributed by atoms with van der Waals surface area (Å²) < 4.78 is 59.7. The highest BCUT2D eigenvalue weighted by atomic mass is 32.2. The standard InChI is InChI=1S/C28H30F2N6O6S/c1-13-6-14(2)25(15(3)7-13)43(41,42)35-21(27(39)40)11-31-26(38)19-12-36(5)23-17(24(19)37)8-20(29)18(22(23)30)10-33-28-32-9-16(4)34-28/h6-9,12,21,35H,10-11H2,1-5H3,(H,31,38)(H,39,40)(H2,32,33,34). The van der Waals surface area contributed by atoms with Crippen molar-refractivity contribution in [3.8, 4) is 0 Å². The number of benzene rings is 2. The summed E-state index contributed by atoms with van der Waals surface area (Å²) in [5, 5.41) is 14.2. The van der Waals surface area contributed by atoms with Gasteiger partial charge in [0.25, 0.3) is 5.91 Å². The Labute approximate surface area is 245 Å². The van der Waals surface area contributed by atoms with Gasteiger partial charge in [-0.2, -0.15) is 4.72 Å². The molecule has 0 aliphatic carbocycles. The third-order valence-electron chi connectivity index (χ3n) is 6.77. The van der Waals surface area contributed by atoms with Gasteiger partial charge in [0, 0.05) is 38.1 Å². The van der Waals surface area contributed by atoms with Gasteiger partial charge in [-0.3, -0.25) is 14.4 Å². The first-order valence-corrected chi connectivity index (χ1v) is 14.5. The van der Waals surface area contributed by atoms with E-state index in [1.807, 2.05) is 0 Å². The molecule has 1 atom stereocenters. The number of carbonyl (C=O) groups is 2. The summed E-state index contributed by atoms with van der Waals surface area (Å²) in [5.41, 5.74) is 0.175. The van der Waals surface area contributed by atoms with Gasteiger partial charge in [0.15, 0.2) is 5.82 Å². The van der Waals surface area contributed by atoms with Crippen molar-refractivity contribution in [3.05, 3.63) is 86.0 Å². The first-order valence-electron chi connectivity index (χ1n) is 13.0. The topological polar surface area (TPSA) is 175 Å². The van der Waals surface area contributed by atoms with Crippen molar-refractivity contribution in [1.29, 1.82) is 0 Å². The number of sulfonamides is 1. The number of pyridine rings is 1. The number of aromatic amines is 1. The maximum atomic E-state index is 15.4. The molecule has 12 nitrogen and oxygen atoms in total. The molecule has 1 unspecified atom stereocenters. The Balaban J connectivity index is 1.58. The van der Waals surface area contributed by atoms with E-state index in [4.69, 9.17) is 0 Å². The van der Waals surface area contributed by atoms with E-state index in [0.717, 1.165) is 22.4 Å². The number of aryl methyl sites for hydroxylation is 5. The fourth-order valence-corrected chi connectivity index (χ4v) is 6.58. The number of carbonyl (C=O) groups excluding carboxylic acids is 1. The van der Waals surface area contributed by atoms with Crippen LogP contribution in [0.5, 0.6) is 0 Å². The number of hydrogen-bond donors (Lipinski definition) is 5. The van der Waals surface area contributed by atoms with Crippen LogP contribution in [0.1, 0.15) is 38.3 Å². The Morgan fingerprint density at radius 2 is 1.77 bits per heavy atom. The number of amides is 1. The summed E-state index contributed by atoms with van der Waals surface area (Å²) in [5.74, 6) is -4.39. The van der Waals surface area contributed by atoms with Crippen molar-refractivity contribution in [1.82, 2.24) is 24.6 Å². The zero-order valence-electron chi connectivity index (χ0n) is 23.9. The molecule has 0 spiro atoms. The predicted octanol–water partition coefficient (Wildman–Crippen LogP) is 2.55. The van der Waals surface area contributed by atoms with Crippen LogP contribution in [-0.4, -0.2) is 52.5 Å². The molecule has 0 fully saturated rings. The molecular formula is C28H30F2N6O6S. The number of fused-ring (bicyclic) bond motifs is 1. The number of carboxylic acid groups (broad SMARTS) is 1. The van der Waals surface area contributed by atoms with Gasteiger partial charge in [-0.1, -0.05) is 17.7 Å². The van der Waals surface area contributed by atoms with E-state index in [9.17, 15) is 32.3 Å². The Morgan fingerprint density at radius 1 is 1.12 bits per heavy atom. The second-order valence-electron chi connectivity index (χ2n) is 10.2. The fraction of sp³-hybridized carbons (Fsp3) is 0.286. The van der Waals surface area contributed by atoms with Crippen LogP contribution in [0, 0.1) is 39.3 Å². The zero-order valence-corrected chi connectivity index (χ0v) is 24.7. The average Bonchev–Trinajstić information content (AvgIpc) is 3.31. The highest BCUT2D eigenvalue weighted by Crippen LogP contribution is 2.24. The van der Waals surface area contributed by atoms with Gasteiger partial charge in [0.2, 0.25) is 21.4 Å². The molecule has 0 saturated heterocycles. The van der Waals surface area contributed by atoms with E-state index in [1.54, 1.807) is 46.0 Å². The molecule has 0 radical (unpaired) electrons. The Kier molecular flexibility index (Phi) is 8.69. The average molecular weight is 617 g/mol. The van der Waals surface area contributed by atoms with Crippen molar-refractivity contribution in [2.75, 3.05) is 11.9 Å². The lowest BCUT2D eigenvalue weighted by atomic mass is 10.1. The first kappa shape index (κ1) is 31.3. The van der Waals surface area contributed by atoms with Crippen LogP contribution in [0.2, 0.25) is 0 Å². The molecule has 0 aliphatic heterocycles. The number of rotatable bonds is 10. The number of nitrogens with zero attached hydrogens (tertiary/aromatic N) is 2. The highest BCUT2D eigenvalue weighted by Gasteiger charge is 2.29. The number of nitrogens with one attached hydrogen (secondary N) is 4. The minimum Gasteiger partial charge on any atom is -0.480 e. The molecule has 1 amide bonds. The van der Waals surface area contributed by atoms with E-state index in [1.165, 1.54) is 7.05 Å². The molecule has 43 heavy (non-hydrogen) atoms. The number of hydrogen-bond acceptors (Lipinski definition) is 7. The van der Waals surface area contributed by atoms with Crippen LogP contribution in [0.15, 0.2) is 40.3 Å². The number of halogens is 2. The normalized spacial score (nSPS) is 12.3. The van der Waals surface area contributed by atoms with Crippen molar-refractivity contribution < 1.29 is 31.9 Å². The summed E-state index contributed by atoms with van der Waals surface area (Å²) in [7, 11) is -2.96. The van der Waals surface area contributed by atoms with Crippen molar-refractivity contribution in [2.45, 2.75) is 45.2 Å². The predicted molar refractivity (Wildman–Crippen MR) is 154 cm³/mol. The summed E-state index contributed by atoms with van der Waals surface area (Å²) in [6.45, 7) is 5.66. The monoisotopic (exact) mass is 616 g/mol. The largest absolute Gasteiger partial charge is 0.480 e. The maximum absolute atomic E-state index is 15.4. The van der Waals surface area contributed by atoms with Gasteiger partial charge in [-0.05, 0) is 44.9 Å². The Bertz CT molecular complexity index is 1910. The van der Waals surface area contributed by atoms with Crippen LogP contribution in [0.25, 0.3) is 10.9 Å². The van der Waals surface area contributed by atoms with Crippen LogP contribution in [0.4, 0.5) is 14.7 Å². The molecule has 2 heterocycles. The number of imidazole rings is 1. The van der Waals surface area contributed by atoms with Gasteiger partial charge in [-0.25, -0.2) is 22.2 Å². The summed E-state index contributed by atoms with van der Waals surface area (Å²) in [6, 6.07) is 2.31. The van der Waals surface area contributed by atoms with E-state index in [2.05, 4.69) is 25.3 Å². The second-order valence-corrected chi connectivity index (χ2v) is 11.9. The molecule has 0 saturated carbocycles. The molecule has 4 rings (SSSR count). The van der Waals surface area contributed by atoms with Crippen LogP contribution in [-0.2, 0) is 28.4 Å². The summed E-state index contributed by atoms with van der Waals surface area (Å²) in [6.07, 6.45) is 2.64. The van der Waals surface area contributed by atoms with Gasteiger partial charge < -0.3 is 25.3 Å². The van der Waals surface area contributed by atoms with E-state index >= 15 is 4.39 Å². The third-order valence-corrected chi connectivity index (χ3v) is 8.55. The number of aromatic nitrogens is 3.